The second-order valence-corrected chi connectivity index (χ2v) is 5.83. The van der Waals surface area contributed by atoms with Gasteiger partial charge in [0.1, 0.15) is 16.7 Å². The summed E-state index contributed by atoms with van der Waals surface area (Å²) < 4.78 is 34.8. The summed E-state index contributed by atoms with van der Waals surface area (Å²) in [4.78, 5) is 8.15. The maximum atomic E-state index is 12.6. The molecule has 146 valence electrons. The Kier molecular flexibility index (Phi) is 8.06. The van der Waals surface area contributed by atoms with E-state index in [0.717, 1.165) is 12.0 Å². The van der Waals surface area contributed by atoms with E-state index < -0.39 is 6.61 Å². The number of methoxy groups -OCH3 is 1. The summed E-state index contributed by atoms with van der Waals surface area (Å²) in [7, 11) is 3.13. The highest BCUT2D eigenvalue weighted by Crippen LogP contribution is 2.25. The third-order valence-corrected chi connectivity index (χ3v) is 3.87. The number of alkyl halides is 2. The first kappa shape index (κ1) is 20.7. The summed E-state index contributed by atoms with van der Waals surface area (Å²) in [5.74, 6) is 1.16. The van der Waals surface area contributed by atoms with E-state index in [1.54, 1.807) is 31.4 Å². The van der Waals surface area contributed by atoms with Crippen molar-refractivity contribution in [2.24, 2.45) is 4.99 Å². The van der Waals surface area contributed by atoms with Crippen LogP contribution in [0.4, 0.5) is 8.78 Å². The molecule has 0 aliphatic rings. The topological polar surface area (TPSA) is 67.8 Å². The minimum Gasteiger partial charge on any atom is -0.497 e. The van der Waals surface area contributed by atoms with Crippen LogP contribution in [0.25, 0.3) is 0 Å². The average Bonchev–Trinajstić information content (AvgIpc) is 2.66. The van der Waals surface area contributed by atoms with Gasteiger partial charge in [-0.3, -0.25) is 4.99 Å². The molecule has 0 saturated heterocycles. The number of hydrogen-bond donors (Lipinski definition) is 2. The number of aliphatic imine (C=N–C) groups is 1. The summed E-state index contributed by atoms with van der Waals surface area (Å²) in [6.45, 7) is -2.05. The number of hydrogen-bond acceptors (Lipinski definition) is 4. The quantitative estimate of drug-likeness (QED) is 0.406. The summed E-state index contributed by atoms with van der Waals surface area (Å²) in [5.41, 5.74) is 1.56. The highest BCUT2D eigenvalue weighted by molar-refractivity contribution is 6.29. The van der Waals surface area contributed by atoms with Crippen molar-refractivity contribution < 1.29 is 18.3 Å². The summed E-state index contributed by atoms with van der Waals surface area (Å²) in [6.07, 6.45) is 2.44. The Labute approximate surface area is 161 Å². The molecule has 0 aliphatic carbocycles. The van der Waals surface area contributed by atoms with Gasteiger partial charge in [0.25, 0.3) is 0 Å². The van der Waals surface area contributed by atoms with Gasteiger partial charge < -0.3 is 20.1 Å². The first-order valence-electron chi connectivity index (χ1n) is 8.18. The third-order valence-electron chi connectivity index (χ3n) is 3.65. The predicted molar refractivity (Wildman–Crippen MR) is 101 cm³/mol. The van der Waals surface area contributed by atoms with E-state index in [1.165, 1.54) is 13.2 Å². The van der Waals surface area contributed by atoms with Gasteiger partial charge in [-0.05, 0) is 36.2 Å². The Hall–Kier alpha value is -2.61. The zero-order chi connectivity index (χ0) is 19.6. The second-order valence-electron chi connectivity index (χ2n) is 5.44. The molecule has 9 heteroatoms. The van der Waals surface area contributed by atoms with Gasteiger partial charge in [-0.1, -0.05) is 17.7 Å². The molecule has 0 unspecified atom stereocenters. The molecule has 2 aromatic rings. The molecule has 0 bridgehead atoms. The molecule has 0 radical (unpaired) electrons. The van der Waals surface area contributed by atoms with Crippen molar-refractivity contribution in [3.8, 4) is 11.5 Å². The maximum absolute atomic E-state index is 12.6. The Morgan fingerprint density at radius 1 is 1.26 bits per heavy atom. The van der Waals surface area contributed by atoms with Crippen LogP contribution < -0.4 is 20.1 Å². The molecule has 6 nitrogen and oxygen atoms in total. The van der Waals surface area contributed by atoms with Crippen molar-refractivity contribution in [2.45, 2.75) is 19.6 Å². The Morgan fingerprint density at radius 2 is 2.07 bits per heavy atom. The summed E-state index contributed by atoms with van der Waals surface area (Å²) >= 11 is 5.76. The minimum absolute atomic E-state index is 0.0843. The highest BCUT2D eigenvalue weighted by atomic mass is 35.5. The number of nitrogens with one attached hydrogen (secondary N) is 2. The second kappa shape index (κ2) is 10.5. The molecule has 0 atom stereocenters. The van der Waals surface area contributed by atoms with Crippen LogP contribution in [0.5, 0.6) is 11.5 Å². The number of pyridine rings is 1. The molecule has 0 fully saturated rings. The van der Waals surface area contributed by atoms with Gasteiger partial charge in [0.05, 0.1) is 7.11 Å². The van der Waals surface area contributed by atoms with Crippen LogP contribution in [0.15, 0.2) is 41.5 Å². The van der Waals surface area contributed by atoms with Crippen molar-refractivity contribution in [3.05, 3.63) is 52.8 Å². The van der Waals surface area contributed by atoms with E-state index in [2.05, 4.69) is 25.3 Å². The lowest BCUT2D eigenvalue weighted by Gasteiger charge is -2.15. The van der Waals surface area contributed by atoms with Gasteiger partial charge in [0.15, 0.2) is 5.96 Å². The van der Waals surface area contributed by atoms with Gasteiger partial charge in [-0.15, -0.1) is 0 Å². The van der Waals surface area contributed by atoms with Crippen LogP contribution in [0.3, 0.4) is 0 Å². The van der Waals surface area contributed by atoms with E-state index in [-0.39, 0.29) is 12.3 Å². The zero-order valence-corrected chi connectivity index (χ0v) is 15.8. The van der Waals surface area contributed by atoms with E-state index >= 15 is 0 Å². The first-order chi connectivity index (χ1) is 13.0. The monoisotopic (exact) mass is 398 g/mol. The summed E-state index contributed by atoms with van der Waals surface area (Å²) in [6, 6.07) is 8.28. The lowest BCUT2D eigenvalue weighted by molar-refractivity contribution is -0.0504. The number of halogens is 3. The van der Waals surface area contributed by atoms with Gasteiger partial charge >= 0.3 is 6.61 Å². The zero-order valence-electron chi connectivity index (χ0n) is 15.0. The fourth-order valence-electron chi connectivity index (χ4n) is 2.31. The molecular weight excluding hydrogens is 378 g/mol. The number of ether oxygens (including phenoxy) is 2. The van der Waals surface area contributed by atoms with Crippen LogP contribution in [-0.4, -0.2) is 38.3 Å². The van der Waals surface area contributed by atoms with Gasteiger partial charge in [0, 0.05) is 31.9 Å². The number of guanidine groups is 1. The minimum atomic E-state index is -2.90. The van der Waals surface area contributed by atoms with Gasteiger partial charge in [-0.2, -0.15) is 8.78 Å². The molecule has 0 amide bonds. The van der Waals surface area contributed by atoms with E-state index in [4.69, 9.17) is 16.3 Å². The molecule has 1 heterocycles. The molecule has 0 spiro atoms. The van der Waals surface area contributed by atoms with Crippen LogP contribution in [0.2, 0.25) is 5.15 Å². The Bertz CT molecular complexity index is 758. The molecule has 2 N–H and O–H groups in total. The molecular formula is C18H21ClF2N4O2. The van der Waals surface area contributed by atoms with Crippen LogP contribution in [0.1, 0.15) is 11.1 Å². The van der Waals surface area contributed by atoms with Gasteiger partial charge in [-0.25, -0.2) is 4.98 Å². The highest BCUT2D eigenvalue weighted by Gasteiger charge is 2.11. The van der Waals surface area contributed by atoms with Crippen LogP contribution in [-0.2, 0) is 13.0 Å². The van der Waals surface area contributed by atoms with Gasteiger partial charge in [0.2, 0.25) is 0 Å². The standard InChI is InChI=1S/C18H21ClF2N4O2/c1-22-18(23-8-7-12-3-6-16(19)24-10-12)25-11-13-9-14(26-2)4-5-15(13)27-17(20)21/h3-6,9-10,17H,7-8,11H2,1-2H3,(H2,22,23,25). The lowest BCUT2D eigenvalue weighted by atomic mass is 10.2. The number of aromatic nitrogens is 1. The summed E-state index contributed by atoms with van der Waals surface area (Å²) in [5, 5.41) is 6.67. The van der Waals surface area contributed by atoms with E-state index in [1.807, 2.05) is 6.07 Å². The Balaban J connectivity index is 1.91. The SMILES string of the molecule is CN=C(NCCc1ccc(Cl)nc1)NCc1cc(OC)ccc1OC(F)F. The number of nitrogens with zero attached hydrogens (tertiary/aromatic N) is 2. The first-order valence-corrected chi connectivity index (χ1v) is 8.56. The predicted octanol–water partition coefficient (Wildman–Crippen LogP) is 3.25. The fraction of sp³-hybridized carbons (Fsp3) is 0.333. The molecule has 0 aliphatic heterocycles. The van der Waals surface area contributed by atoms with Crippen LogP contribution in [0, 0.1) is 0 Å². The number of rotatable bonds is 8. The van der Waals surface area contributed by atoms with Crippen molar-refractivity contribution >= 4 is 17.6 Å². The third kappa shape index (κ3) is 6.90. The fourth-order valence-corrected chi connectivity index (χ4v) is 2.42. The van der Waals surface area contributed by atoms with Crippen molar-refractivity contribution in [1.82, 2.24) is 15.6 Å². The average molecular weight is 399 g/mol. The van der Waals surface area contributed by atoms with Crippen LogP contribution >= 0.6 is 11.6 Å². The maximum Gasteiger partial charge on any atom is 0.387 e. The van der Waals surface area contributed by atoms with Crippen molar-refractivity contribution in [2.75, 3.05) is 20.7 Å². The molecule has 27 heavy (non-hydrogen) atoms. The van der Waals surface area contributed by atoms with E-state index in [0.29, 0.717) is 29.0 Å². The molecule has 1 aromatic carbocycles. The lowest BCUT2D eigenvalue weighted by Crippen LogP contribution is -2.38. The normalized spacial score (nSPS) is 11.4. The van der Waals surface area contributed by atoms with E-state index in [9.17, 15) is 8.78 Å². The van der Waals surface area contributed by atoms with Crippen molar-refractivity contribution in [3.63, 3.8) is 0 Å². The number of benzene rings is 1. The van der Waals surface area contributed by atoms with Crippen molar-refractivity contribution in [1.29, 1.82) is 0 Å². The smallest absolute Gasteiger partial charge is 0.387 e. The largest absolute Gasteiger partial charge is 0.497 e. The Morgan fingerprint density at radius 3 is 2.70 bits per heavy atom. The molecule has 2 rings (SSSR count). The molecule has 1 aromatic heterocycles. The molecule has 0 saturated carbocycles.